The number of rotatable bonds is 4. The summed E-state index contributed by atoms with van der Waals surface area (Å²) in [6.07, 6.45) is 2.63. The monoisotopic (exact) mass is 274 g/mol. The first-order valence-corrected chi connectivity index (χ1v) is 7.45. The minimum absolute atomic E-state index is 0.0303. The summed E-state index contributed by atoms with van der Waals surface area (Å²) in [6, 6.07) is 8.35. The third-order valence-electron chi connectivity index (χ3n) is 3.83. The summed E-state index contributed by atoms with van der Waals surface area (Å²) in [5.74, 6) is 0.222. The molecule has 0 radical (unpaired) electrons. The Morgan fingerprint density at radius 1 is 1.30 bits per heavy atom. The van der Waals surface area contributed by atoms with E-state index in [1.807, 2.05) is 12.1 Å². The molecule has 0 aromatic heterocycles. The summed E-state index contributed by atoms with van der Waals surface area (Å²) in [7, 11) is 0. The van der Waals surface area contributed by atoms with Gasteiger partial charge < -0.3 is 11.1 Å². The highest BCUT2D eigenvalue weighted by Crippen LogP contribution is 2.26. The molecular formula is C17H26N2O. The fourth-order valence-electron chi connectivity index (χ4n) is 2.98. The zero-order valence-corrected chi connectivity index (χ0v) is 12.8. The van der Waals surface area contributed by atoms with Crippen molar-refractivity contribution in [2.45, 2.75) is 46.1 Å². The van der Waals surface area contributed by atoms with Gasteiger partial charge in [-0.25, -0.2) is 0 Å². The quantitative estimate of drug-likeness (QED) is 0.885. The maximum absolute atomic E-state index is 12.2. The van der Waals surface area contributed by atoms with Crippen LogP contribution in [0.2, 0.25) is 0 Å². The van der Waals surface area contributed by atoms with E-state index in [1.165, 1.54) is 11.1 Å². The van der Waals surface area contributed by atoms with Crippen molar-refractivity contribution in [1.82, 2.24) is 5.32 Å². The molecule has 3 heteroatoms. The Kier molecular flexibility index (Phi) is 4.48. The first-order chi connectivity index (χ1) is 9.35. The van der Waals surface area contributed by atoms with Crippen molar-refractivity contribution in [2.75, 3.05) is 6.54 Å². The second-order valence-electron chi connectivity index (χ2n) is 7.14. The highest BCUT2D eigenvalue weighted by molar-refractivity contribution is 5.80. The molecule has 1 aliphatic carbocycles. The fourth-order valence-corrected chi connectivity index (χ4v) is 2.98. The van der Waals surface area contributed by atoms with Crippen LogP contribution in [0.15, 0.2) is 24.3 Å². The standard InChI is InChI=1S/C17H26N2O/c1-17(2,3)10-15(18)11-19-16(20)14-8-12-6-4-5-7-13(12)9-14/h4-7,14-15H,8-11,18H2,1-3H3,(H,19,20). The van der Waals surface area contributed by atoms with Crippen molar-refractivity contribution >= 4 is 5.91 Å². The van der Waals surface area contributed by atoms with E-state index in [9.17, 15) is 4.79 Å². The van der Waals surface area contributed by atoms with Crippen LogP contribution in [0.25, 0.3) is 0 Å². The summed E-state index contributed by atoms with van der Waals surface area (Å²) in [6.45, 7) is 7.08. The Hall–Kier alpha value is -1.35. The smallest absolute Gasteiger partial charge is 0.223 e. The number of carbonyl (C=O) groups excluding carboxylic acids is 1. The van der Waals surface area contributed by atoms with Crippen molar-refractivity contribution in [3.05, 3.63) is 35.4 Å². The van der Waals surface area contributed by atoms with Gasteiger partial charge in [0, 0.05) is 18.5 Å². The van der Waals surface area contributed by atoms with Gasteiger partial charge in [-0.05, 0) is 35.8 Å². The lowest BCUT2D eigenvalue weighted by atomic mass is 9.88. The molecule has 0 spiro atoms. The molecule has 2 rings (SSSR count). The molecule has 1 amide bonds. The molecule has 20 heavy (non-hydrogen) atoms. The molecule has 1 aliphatic rings. The number of hydrogen-bond donors (Lipinski definition) is 2. The van der Waals surface area contributed by atoms with Crippen molar-refractivity contribution in [3.63, 3.8) is 0 Å². The molecule has 1 aromatic rings. The second-order valence-corrected chi connectivity index (χ2v) is 7.14. The number of amides is 1. The van der Waals surface area contributed by atoms with Crippen LogP contribution in [0.4, 0.5) is 0 Å². The number of benzene rings is 1. The lowest BCUT2D eigenvalue weighted by Crippen LogP contribution is -2.41. The van der Waals surface area contributed by atoms with Crippen LogP contribution >= 0.6 is 0 Å². The van der Waals surface area contributed by atoms with Crippen molar-refractivity contribution in [2.24, 2.45) is 17.1 Å². The van der Waals surface area contributed by atoms with Crippen LogP contribution in [0, 0.1) is 11.3 Å². The molecule has 3 N–H and O–H groups in total. The molecule has 0 bridgehead atoms. The van der Waals surface area contributed by atoms with Crippen LogP contribution in [-0.4, -0.2) is 18.5 Å². The molecular weight excluding hydrogens is 248 g/mol. The average Bonchev–Trinajstić information content (AvgIpc) is 2.77. The maximum atomic E-state index is 12.2. The molecule has 3 nitrogen and oxygen atoms in total. The van der Waals surface area contributed by atoms with E-state index in [4.69, 9.17) is 5.73 Å². The van der Waals surface area contributed by atoms with Crippen LogP contribution in [0.3, 0.4) is 0 Å². The highest BCUT2D eigenvalue weighted by atomic mass is 16.1. The second kappa shape index (κ2) is 5.96. The van der Waals surface area contributed by atoms with Crippen molar-refractivity contribution < 1.29 is 4.79 Å². The van der Waals surface area contributed by atoms with Crippen LogP contribution < -0.4 is 11.1 Å². The first-order valence-electron chi connectivity index (χ1n) is 7.45. The van der Waals surface area contributed by atoms with Gasteiger partial charge in [0.05, 0.1) is 0 Å². The van der Waals surface area contributed by atoms with Gasteiger partial charge in [-0.1, -0.05) is 45.0 Å². The number of fused-ring (bicyclic) bond motifs is 1. The zero-order chi connectivity index (χ0) is 14.8. The molecule has 0 saturated heterocycles. The van der Waals surface area contributed by atoms with Gasteiger partial charge in [0.15, 0.2) is 0 Å². The predicted molar refractivity (Wildman–Crippen MR) is 82.4 cm³/mol. The molecule has 0 fully saturated rings. The van der Waals surface area contributed by atoms with E-state index in [0.29, 0.717) is 6.54 Å². The third-order valence-corrected chi connectivity index (χ3v) is 3.83. The van der Waals surface area contributed by atoms with Gasteiger partial charge in [-0.2, -0.15) is 0 Å². The van der Waals surface area contributed by atoms with Gasteiger partial charge >= 0.3 is 0 Å². The largest absolute Gasteiger partial charge is 0.354 e. The van der Waals surface area contributed by atoms with Gasteiger partial charge in [0.2, 0.25) is 5.91 Å². The van der Waals surface area contributed by atoms with E-state index in [2.05, 4.69) is 38.2 Å². The molecule has 0 heterocycles. The number of nitrogens with one attached hydrogen (secondary N) is 1. The van der Waals surface area contributed by atoms with E-state index < -0.39 is 0 Å². The van der Waals surface area contributed by atoms with E-state index in [-0.39, 0.29) is 23.3 Å². The van der Waals surface area contributed by atoms with Crippen LogP contribution in [0.1, 0.15) is 38.3 Å². The Bertz CT molecular complexity index is 451. The van der Waals surface area contributed by atoms with Crippen LogP contribution in [0.5, 0.6) is 0 Å². The van der Waals surface area contributed by atoms with Crippen molar-refractivity contribution in [3.8, 4) is 0 Å². The minimum Gasteiger partial charge on any atom is -0.354 e. The summed E-state index contributed by atoms with van der Waals surface area (Å²) in [5.41, 5.74) is 8.90. The van der Waals surface area contributed by atoms with Gasteiger partial charge in [-0.3, -0.25) is 4.79 Å². The summed E-state index contributed by atoms with van der Waals surface area (Å²) >= 11 is 0. The van der Waals surface area contributed by atoms with Gasteiger partial charge in [-0.15, -0.1) is 0 Å². The molecule has 1 aromatic carbocycles. The Morgan fingerprint density at radius 3 is 2.35 bits per heavy atom. The molecule has 0 saturated carbocycles. The molecule has 1 atom stereocenters. The number of carbonyl (C=O) groups is 1. The van der Waals surface area contributed by atoms with E-state index >= 15 is 0 Å². The Morgan fingerprint density at radius 2 is 1.85 bits per heavy atom. The molecule has 110 valence electrons. The number of nitrogens with two attached hydrogens (primary N) is 1. The summed E-state index contributed by atoms with van der Waals surface area (Å²) < 4.78 is 0. The van der Waals surface area contributed by atoms with E-state index in [0.717, 1.165) is 19.3 Å². The summed E-state index contributed by atoms with van der Waals surface area (Å²) in [5, 5.41) is 3.02. The fraction of sp³-hybridized carbons (Fsp3) is 0.588. The van der Waals surface area contributed by atoms with Crippen molar-refractivity contribution in [1.29, 1.82) is 0 Å². The summed E-state index contributed by atoms with van der Waals surface area (Å²) in [4.78, 5) is 12.2. The Labute approximate surface area is 121 Å². The normalized spacial score (nSPS) is 16.8. The third kappa shape index (κ3) is 4.07. The lowest BCUT2D eigenvalue weighted by molar-refractivity contribution is -0.124. The zero-order valence-electron chi connectivity index (χ0n) is 12.8. The minimum atomic E-state index is 0.0303. The number of hydrogen-bond acceptors (Lipinski definition) is 2. The lowest BCUT2D eigenvalue weighted by Gasteiger charge is -2.23. The average molecular weight is 274 g/mol. The molecule has 0 aliphatic heterocycles. The SMILES string of the molecule is CC(C)(C)CC(N)CNC(=O)C1Cc2ccccc2C1. The predicted octanol–water partition coefficient (Wildman–Crippen LogP) is 2.28. The highest BCUT2D eigenvalue weighted by Gasteiger charge is 2.27. The molecule has 1 unspecified atom stereocenters. The van der Waals surface area contributed by atoms with Gasteiger partial charge in [0.25, 0.3) is 0 Å². The maximum Gasteiger partial charge on any atom is 0.223 e. The first kappa shape index (κ1) is 15.0. The van der Waals surface area contributed by atoms with E-state index in [1.54, 1.807) is 0 Å². The topological polar surface area (TPSA) is 55.1 Å². The van der Waals surface area contributed by atoms with Gasteiger partial charge in [0.1, 0.15) is 0 Å². The van der Waals surface area contributed by atoms with Crippen LogP contribution in [-0.2, 0) is 17.6 Å². The Balaban J connectivity index is 1.80.